The lowest BCUT2D eigenvalue weighted by Crippen LogP contribution is -2.32. The van der Waals surface area contributed by atoms with Crippen molar-refractivity contribution in [1.82, 2.24) is 15.1 Å². The second kappa shape index (κ2) is 7.51. The Labute approximate surface area is 136 Å². The number of amides is 1. The Kier molecular flexibility index (Phi) is 5.41. The highest BCUT2D eigenvalue weighted by atomic mass is 32.1. The molecule has 0 bridgehead atoms. The molecule has 1 aliphatic carbocycles. The first-order valence-electron chi connectivity index (χ1n) is 8.52. The smallest absolute Gasteiger partial charge is 0.226 e. The molecule has 3 rings (SSSR count). The summed E-state index contributed by atoms with van der Waals surface area (Å²) in [4.78, 5) is 14.4. The summed E-state index contributed by atoms with van der Waals surface area (Å²) in [7, 11) is 2.16. The first-order chi connectivity index (χ1) is 10.7. The third-order valence-corrected chi connectivity index (χ3v) is 5.89. The summed E-state index contributed by atoms with van der Waals surface area (Å²) < 4.78 is 0. The number of likely N-dealkylation sites (tertiary alicyclic amines) is 1. The van der Waals surface area contributed by atoms with Gasteiger partial charge < -0.3 is 10.2 Å². The average molecular weight is 322 g/mol. The molecule has 0 radical (unpaired) electrons. The van der Waals surface area contributed by atoms with E-state index in [0.717, 1.165) is 18.0 Å². The topological polar surface area (TPSA) is 58.1 Å². The summed E-state index contributed by atoms with van der Waals surface area (Å²) in [5.74, 6) is 1.32. The summed E-state index contributed by atoms with van der Waals surface area (Å²) >= 11 is 1.56. The van der Waals surface area contributed by atoms with E-state index in [4.69, 9.17) is 0 Å². The van der Waals surface area contributed by atoms with Crippen molar-refractivity contribution >= 4 is 22.4 Å². The summed E-state index contributed by atoms with van der Waals surface area (Å²) in [5, 5.41) is 13.1. The van der Waals surface area contributed by atoms with E-state index in [9.17, 15) is 4.79 Å². The molecule has 22 heavy (non-hydrogen) atoms. The van der Waals surface area contributed by atoms with Crippen molar-refractivity contribution in [2.24, 2.45) is 5.92 Å². The van der Waals surface area contributed by atoms with Crippen LogP contribution in [0.2, 0.25) is 0 Å². The van der Waals surface area contributed by atoms with Crippen LogP contribution in [-0.2, 0) is 4.79 Å². The molecule has 1 aliphatic heterocycles. The summed E-state index contributed by atoms with van der Waals surface area (Å²) in [6, 6.07) is 0. The highest BCUT2D eigenvalue weighted by molar-refractivity contribution is 7.15. The van der Waals surface area contributed by atoms with E-state index in [1.165, 1.54) is 45.1 Å². The summed E-state index contributed by atoms with van der Waals surface area (Å²) in [6.45, 7) is 2.31. The van der Waals surface area contributed by atoms with Gasteiger partial charge in [-0.1, -0.05) is 24.2 Å². The number of aromatic nitrogens is 2. The van der Waals surface area contributed by atoms with Crippen molar-refractivity contribution < 1.29 is 4.79 Å². The van der Waals surface area contributed by atoms with Crippen molar-refractivity contribution in [3.8, 4) is 0 Å². The van der Waals surface area contributed by atoms with Crippen LogP contribution in [0.1, 0.15) is 62.3 Å². The lowest BCUT2D eigenvalue weighted by atomic mass is 9.93. The van der Waals surface area contributed by atoms with Gasteiger partial charge in [0.05, 0.1) is 0 Å². The Balaban J connectivity index is 1.43. The number of nitrogens with zero attached hydrogens (tertiary/aromatic N) is 3. The van der Waals surface area contributed by atoms with E-state index >= 15 is 0 Å². The molecular formula is C16H26N4OS. The van der Waals surface area contributed by atoms with Gasteiger partial charge in [-0.25, -0.2) is 0 Å². The first kappa shape index (κ1) is 15.9. The standard InChI is InChI=1S/C16H26N4OS/c1-20-10-4-5-12(11-20)8-9-14(21)17-16-19-18-15(22-16)13-6-2-3-7-13/h12-13H,2-11H2,1H3,(H,17,19,21). The zero-order valence-electron chi connectivity index (χ0n) is 13.4. The number of piperidine rings is 1. The van der Waals surface area contributed by atoms with Crippen LogP contribution >= 0.6 is 11.3 Å². The third kappa shape index (κ3) is 4.26. The monoisotopic (exact) mass is 322 g/mol. The van der Waals surface area contributed by atoms with Gasteiger partial charge in [0.15, 0.2) is 0 Å². The van der Waals surface area contributed by atoms with E-state index in [2.05, 4.69) is 27.5 Å². The molecule has 0 spiro atoms. The zero-order valence-corrected chi connectivity index (χ0v) is 14.2. The van der Waals surface area contributed by atoms with E-state index in [1.54, 1.807) is 11.3 Å². The fourth-order valence-corrected chi connectivity index (χ4v) is 4.58. The van der Waals surface area contributed by atoms with Crippen molar-refractivity contribution in [1.29, 1.82) is 0 Å². The first-order valence-corrected chi connectivity index (χ1v) is 9.34. The van der Waals surface area contributed by atoms with Crippen LogP contribution in [0.3, 0.4) is 0 Å². The van der Waals surface area contributed by atoms with Gasteiger partial charge in [0.25, 0.3) is 0 Å². The minimum atomic E-state index is 0.0855. The molecule has 0 aromatic carbocycles. The molecule has 1 unspecified atom stereocenters. The molecule has 1 aromatic heterocycles. The minimum absolute atomic E-state index is 0.0855. The molecule has 5 nitrogen and oxygen atoms in total. The Morgan fingerprint density at radius 3 is 2.86 bits per heavy atom. The number of carbonyl (C=O) groups is 1. The van der Waals surface area contributed by atoms with Crippen molar-refractivity contribution in [2.45, 2.75) is 57.3 Å². The predicted octanol–water partition coefficient (Wildman–Crippen LogP) is 3.26. The number of rotatable bonds is 5. The van der Waals surface area contributed by atoms with Gasteiger partial charge in [0.2, 0.25) is 11.0 Å². The van der Waals surface area contributed by atoms with Crippen LogP contribution in [0.15, 0.2) is 0 Å². The second-order valence-electron chi connectivity index (χ2n) is 6.78. The number of carbonyl (C=O) groups excluding carboxylic acids is 1. The zero-order chi connectivity index (χ0) is 15.4. The molecule has 2 aliphatic rings. The molecule has 1 amide bonds. The maximum atomic E-state index is 12.1. The van der Waals surface area contributed by atoms with Crippen molar-refractivity contribution in [3.63, 3.8) is 0 Å². The van der Waals surface area contributed by atoms with E-state index in [-0.39, 0.29) is 5.91 Å². The van der Waals surface area contributed by atoms with Crippen LogP contribution < -0.4 is 5.32 Å². The second-order valence-corrected chi connectivity index (χ2v) is 7.79. The fraction of sp³-hybridized carbons (Fsp3) is 0.812. The molecule has 1 saturated heterocycles. The van der Waals surface area contributed by atoms with Crippen molar-refractivity contribution in [3.05, 3.63) is 5.01 Å². The number of nitrogens with one attached hydrogen (secondary N) is 1. The normalized spacial score (nSPS) is 23.8. The van der Waals surface area contributed by atoms with Crippen LogP contribution in [0.25, 0.3) is 0 Å². The van der Waals surface area contributed by atoms with Gasteiger partial charge in [0.1, 0.15) is 5.01 Å². The maximum absolute atomic E-state index is 12.1. The molecule has 1 atom stereocenters. The minimum Gasteiger partial charge on any atom is -0.306 e. The van der Waals surface area contributed by atoms with Crippen LogP contribution in [0.4, 0.5) is 5.13 Å². The van der Waals surface area contributed by atoms with Crippen LogP contribution in [0, 0.1) is 5.92 Å². The number of anilines is 1. The molecule has 122 valence electrons. The molecule has 1 aromatic rings. The van der Waals surface area contributed by atoms with Gasteiger partial charge in [-0.3, -0.25) is 4.79 Å². The van der Waals surface area contributed by atoms with Gasteiger partial charge in [-0.15, -0.1) is 10.2 Å². The van der Waals surface area contributed by atoms with Gasteiger partial charge in [-0.2, -0.15) is 0 Å². The van der Waals surface area contributed by atoms with E-state index < -0.39 is 0 Å². The molecule has 2 fully saturated rings. The number of hydrogen-bond donors (Lipinski definition) is 1. The van der Waals surface area contributed by atoms with Crippen LogP contribution in [-0.4, -0.2) is 41.1 Å². The maximum Gasteiger partial charge on any atom is 0.226 e. The molecule has 2 heterocycles. The van der Waals surface area contributed by atoms with Gasteiger partial charge >= 0.3 is 0 Å². The summed E-state index contributed by atoms with van der Waals surface area (Å²) in [5.41, 5.74) is 0. The Morgan fingerprint density at radius 1 is 1.27 bits per heavy atom. The Hall–Kier alpha value is -1.01. The summed E-state index contributed by atoms with van der Waals surface area (Å²) in [6.07, 6.45) is 9.10. The van der Waals surface area contributed by atoms with E-state index in [0.29, 0.717) is 23.4 Å². The lowest BCUT2D eigenvalue weighted by molar-refractivity contribution is -0.116. The largest absolute Gasteiger partial charge is 0.306 e. The molecule has 6 heteroatoms. The highest BCUT2D eigenvalue weighted by Crippen LogP contribution is 2.36. The Morgan fingerprint density at radius 2 is 2.09 bits per heavy atom. The Bertz CT molecular complexity index is 498. The number of hydrogen-bond acceptors (Lipinski definition) is 5. The predicted molar refractivity (Wildman–Crippen MR) is 89.2 cm³/mol. The molecule has 1 saturated carbocycles. The van der Waals surface area contributed by atoms with Gasteiger partial charge in [0, 0.05) is 18.9 Å². The molecular weight excluding hydrogens is 296 g/mol. The van der Waals surface area contributed by atoms with Crippen LogP contribution in [0.5, 0.6) is 0 Å². The van der Waals surface area contributed by atoms with Crippen molar-refractivity contribution in [2.75, 3.05) is 25.5 Å². The van der Waals surface area contributed by atoms with E-state index in [1.807, 2.05) is 0 Å². The fourth-order valence-electron chi connectivity index (χ4n) is 3.65. The highest BCUT2D eigenvalue weighted by Gasteiger charge is 2.22. The third-order valence-electron chi connectivity index (χ3n) is 4.89. The molecule has 1 N–H and O–H groups in total. The lowest BCUT2D eigenvalue weighted by Gasteiger charge is -2.29. The SMILES string of the molecule is CN1CCCC(CCC(=O)Nc2nnc(C3CCCC3)s2)C1. The quantitative estimate of drug-likeness (QED) is 0.904. The van der Waals surface area contributed by atoms with Gasteiger partial charge in [-0.05, 0) is 51.6 Å². The average Bonchev–Trinajstić information content (AvgIpc) is 3.16.